The van der Waals surface area contributed by atoms with E-state index in [2.05, 4.69) is 0 Å². The Kier molecular flexibility index (Phi) is 3.43. The second-order valence-electron chi connectivity index (χ2n) is 2.10. The van der Waals surface area contributed by atoms with Crippen LogP contribution in [-0.2, 0) is 0 Å². The van der Waals surface area contributed by atoms with Gasteiger partial charge in [-0.15, -0.1) is 0 Å². The fourth-order valence-corrected chi connectivity index (χ4v) is 2.01. The predicted octanol–water partition coefficient (Wildman–Crippen LogP) is -0.486. The number of rotatable bonds is 2. The molecule has 1 aromatic carbocycles. The molecule has 0 aromatic heterocycles. The maximum absolute atomic E-state index is 8.89. The minimum atomic E-state index is -2.82. The maximum atomic E-state index is 8.89. The molecule has 0 fully saturated rings. The molecular formula is C6H8AsNO3S. The van der Waals surface area contributed by atoms with E-state index in [1.165, 1.54) is 6.07 Å². The van der Waals surface area contributed by atoms with Crippen LogP contribution in [0.4, 0.5) is 5.69 Å². The van der Waals surface area contributed by atoms with E-state index in [1.54, 1.807) is 12.1 Å². The molecule has 0 aliphatic heterocycles. The number of nitrogen functional groups attached to an aromatic ring is 1. The van der Waals surface area contributed by atoms with Crippen LogP contribution >= 0.6 is 12.0 Å². The van der Waals surface area contributed by atoms with Gasteiger partial charge in [0, 0.05) is 0 Å². The first-order valence-electron chi connectivity index (χ1n) is 3.04. The molecule has 0 saturated carbocycles. The Labute approximate surface area is 79.2 Å². The second kappa shape index (κ2) is 4.16. The zero-order valence-corrected chi connectivity index (χ0v) is 8.70. The summed E-state index contributed by atoms with van der Waals surface area (Å²) in [6, 6.07) is 4.58. The van der Waals surface area contributed by atoms with E-state index in [9.17, 15) is 0 Å². The first kappa shape index (κ1) is 9.89. The Morgan fingerprint density at radius 2 is 2.00 bits per heavy atom. The molecule has 6 heteroatoms. The van der Waals surface area contributed by atoms with Gasteiger partial charge in [0.1, 0.15) is 0 Å². The molecule has 0 spiro atoms. The Hall–Kier alpha value is -0.192. The Morgan fingerprint density at radius 3 is 2.42 bits per heavy atom. The van der Waals surface area contributed by atoms with E-state index in [1.807, 2.05) is 0 Å². The summed E-state index contributed by atoms with van der Waals surface area (Å²) in [5, 5.41) is 0. The molecule has 1 rings (SSSR count). The Bertz CT molecular complexity index is 281. The van der Waals surface area contributed by atoms with E-state index in [0.29, 0.717) is 27.0 Å². The molecule has 0 saturated heterocycles. The fraction of sp³-hybridized carbons (Fsp3) is 0. The van der Waals surface area contributed by atoms with Crippen LogP contribution in [0.5, 0.6) is 0 Å². The average molecular weight is 249 g/mol. The topological polar surface area (TPSA) is 86.7 Å². The van der Waals surface area contributed by atoms with Crippen LogP contribution < -0.4 is 10.1 Å². The third kappa shape index (κ3) is 2.15. The van der Waals surface area contributed by atoms with Crippen LogP contribution in [0, 0.1) is 0 Å². The molecule has 5 N–H and O–H groups in total. The van der Waals surface area contributed by atoms with Gasteiger partial charge in [-0.3, -0.25) is 0 Å². The summed E-state index contributed by atoms with van der Waals surface area (Å²) in [5.74, 6) is 0. The van der Waals surface area contributed by atoms with Crippen molar-refractivity contribution in [2.45, 2.75) is 4.90 Å². The van der Waals surface area contributed by atoms with E-state index >= 15 is 0 Å². The zero-order chi connectivity index (χ0) is 9.14. The van der Waals surface area contributed by atoms with E-state index < -0.39 is 15.3 Å². The van der Waals surface area contributed by atoms with Crippen molar-refractivity contribution in [2.24, 2.45) is 0 Å². The number of hydrogen-bond donors (Lipinski definition) is 4. The summed E-state index contributed by atoms with van der Waals surface area (Å²) >= 11 is -2.28. The second-order valence-corrected chi connectivity index (χ2v) is 5.02. The molecule has 0 aliphatic rings. The van der Waals surface area contributed by atoms with Crippen molar-refractivity contribution in [1.82, 2.24) is 0 Å². The van der Waals surface area contributed by atoms with Crippen LogP contribution in [0.25, 0.3) is 0 Å². The van der Waals surface area contributed by atoms with Gasteiger partial charge in [0.15, 0.2) is 0 Å². The fourth-order valence-electron chi connectivity index (χ4n) is 0.743. The summed E-state index contributed by atoms with van der Waals surface area (Å²) in [6.07, 6.45) is 0. The molecular weight excluding hydrogens is 241 g/mol. The molecule has 0 amide bonds. The third-order valence-corrected chi connectivity index (χ3v) is 3.44. The van der Waals surface area contributed by atoms with Crippen molar-refractivity contribution in [2.75, 3.05) is 5.73 Å². The first-order valence-corrected chi connectivity index (χ1v) is 6.43. The van der Waals surface area contributed by atoms with Gasteiger partial charge >= 0.3 is 79.0 Å². The molecule has 1 aromatic rings. The molecule has 12 heavy (non-hydrogen) atoms. The molecule has 0 unspecified atom stereocenters. The monoisotopic (exact) mass is 249 g/mol. The van der Waals surface area contributed by atoms with Crippen molar-refractivity contribution in [1.29, 1.82) is 0 Å². The average Bonchev–Trinajstić information content (AvgIpc) is 2.04. The molecule has 0 atom stereocenters. The molecule has 66 valence electrons. The summed E-state index contributed by atoms with van der Waals surface area (Å²) in [7, 11) is 0. The Morgan fingerprint density at radius 1 is 1.33 bits per heavy atom. The minimum absolute atomic E-state index is 0.363. The summed E-state index contributed by atoms with van der Waals surface area (Å²) in [4.78, 5) is 0.523. The summed E-state index contributed by atoms with van der Waals surface area (Å²) < 4.78 is 26.9. The zero-order valence-electron chi connectivity index (χ0n) is 6.01. The van der Waals surface area contributed by atoms with Gasteiger partial charge in [0.2, 0.25) is 0 Å². The number of benzene rings is 1. The van der Waals surface area contributed by atoms with Crippen molar-refractivity contribution < 1.29 is 12.7 Å². The number of anilines is 1. The van der Waals surface area contributed by atoms with Gasteiger partial charge in [-0.2, -0.15) is 0 Å². The van der Waals surface area contributed by atoms with Crippen molar-refractivity contribution in [3.63, 3.8) is 0 Å². The van der Waals surface area contributed by atoms with Gasteiger partial charge < -0.3 is 0 Å². The van der Waals surface area contributed by atoms with Crippen LogP contribution in [-0.4, -0.2) is 28.1 Å². The quantitative estimate of drug-likeness (QED) is 0.323. The Balaban J connectivity index is 3.02. The van der Waals surface area contributed by atoms with Crippen LogP contribution in [0.3, 0.4) is 0 Å². The van der Waals surface area contributed by atoms with Gasteiger partial charge in [-0.25, -0.2) is 0 Å². The van der Waals surface area contributed by atoms with Gasteiger partial charge in [0.25, 0.3) is 0 Å². The number of hydrogen-bond acceptors (Lipinski definition) is 5. The van der Waals surface area contributed by atoms with Crippen molar-refractivity contribution >= 4 is 37.4 Å². The van der Waals surface area contributed by atoms with Crippen LogP contribution in [0.2, 0.25) is 0 Å². The van der Waals surface area contributed by atoms with Crippen molar-refractivity contribution in [3.05, 3.63) is 18.2 Å². The van der Waals surface area contributed by atoms with Crippen LogP contribution in [0.1, 0.15) is 0 Å². The molecule has 0 bridgehead atoms. The predicted molar refractivity (Wildman–Crippen MR) is 49.2 cm³/mol. The van der Waals surface area contributed by atoms with Gasteiger partial charge in [0.05, 0.1) is 0 Å². The van der Waals surface area contributed by atoms with E-state index in [4.69, 9.17) is 18.5 Å². The van der Waals surface area contributed by atoms with Crippen molar-refractivity contribution in [3.8, 4) is 0 Å². The molecule has 0 heterocycles. The normalized spacial score (nSPS) is 10.7. The van der Waals surface area contributed by atoms with E-state index in [-0.39, 0.29) is 0 Å². The summed E-state index contributed by atoms with van der Waals surface area (Å²) in [6.45, 7) is 0. The third-order valence-electron chi connectivity index (χ3n) is 1.32. The molecule has 4 nitrogen and oxygen atoms in total. The van der Waals surface area contributed by atoms with E-state index in [0.717, 1.165) is 0 Å². The summed E-state index contributed by atoms with van der Waals surface area (Å²) in [5.41, 5.74) is 5.85. The standard InChI is InChI=1S/C6H8AsNO3S/c8-5-3-4(7(9)10)1-2-6(5)12-11/h1-3,9-11H,8H2. The SMILES string of the molecule is Nc1cc([As](O)O)ccc1SO. The molecule has 0 radical (unpaired) electrons. The first-order chi connectivity index (χ1) is 5.65. The van der Waals surface area contributed by atoms with Gasteiger partial charge in [-0.05, 0) is 0 Å². The number of nitrogens with two attached hydrogens (primary N) is 1. The molecule has 0 aliphatic carbocycles. The van der Waals surface area contributed by atoms with Crippen LogP contribution in [0.15, 0.2) is 23.1 Å². The van der Waals surface area contributed by atoms with Gasteiger partial charge in [-0.1, -0.05) is 0 Å².